The highest BCUT2D eigenvalue weighted by atomic mass is 32.2. The van der Waals surface area contributed by atoms with Crippen LogP contribution in [0.3, 0.4) is 0 Å². The van der Waals surface area contributed by atoms with Gasteiger partial charge in [0.15, 0.2) is 0 Å². The second-order valence-electron chi connectivity index (χ2n) is 5.39. The second kappa shape index (κ2) is 5.29. The number of anilines is 2. The Hall–Kier alpha value is -1.42. The fourth-order valence-electron chi connectivity index (χ4n) is 1.90. The maximum Gasteiger partial charge on any atom is 0.0423 e. The zero-order valence-electron chi connectivity index (χ0n) is 11.9. The van der Waals surface area contributed by atoms with Crippen molar-refractivity contribution < 1.29 is 0 Å². The number of fused-ring (bicyclic) bond motifs is 1. The van der Waals surface area contributed by atoms with Crippen LogP contribution >= 0.6 is 11.8 Å². The van der Waals surface area contributed by atoms with Crippen molar-refractivity contribution in [3.05, 3.63) is 30.1 Å². The molecule has 0 saturated carbocycles. The third-order valence-electron chi connectivity index (χ3n) is 3.33. The predicted molar refractivity (Wildman–Crippen MR) is 87.0 cm³/mol. The molecule has 0 atom stereocenters. The summed E-state index contributed by atoms with van der Waals surface area (Å²) in [5.74, 6) is 0. The summed E-state index contributed by atoms with van der Waals surface area (Å²) in [5, 5.41) is 5.68. The minimum absolute atomic E-state index is 0.204. The molecule has 0 aliphatic carbocycles. The Bertz CT molecular complexity index is 593. The lowest BCUT2D eigenvalue weighted by molar-refractivity contribution is 0.753. The van der Waals surface area contributed by atoms with Gasteiger partial charge in [-0.15, -0.1) is 0 Å². The van der Waals surface area contributed by atoms with E-state index in [2.05, 4.69) is 36.5 Å². The molecule has 3 N–H and O–H groups in total. The molecule has 0 spiro atoms. The van der Waals surface area contributed by atoms with E-state index in [0.29, 0.717) is 0 Å². The molecule has 0 radical (unpaired) electrons. The first-order valence-electron chi connectivity index (χ1n) is 6.37. The summed E-state index contributed by atoms with van der Waals surface area (Å²) in [5.41, 5.74) is 8.91. The molecule has 2 aromatic rings. The number of pyridine rings is 1. The Balaban J connectivity index is 2.38. The quantitative estimate of drug-likeness (QED) is 0.836. The highest BCUT2D eigenvalue weighted by Gasteiger charge is 2.16. The smallest absolute Gasteiger partial charge is 0.0423 e. The highest BCUT2D eigenvalue weighted by Crippen LogP contribution is 2.30. The van der Waals surface area contributed by atoms with Crippen LogP contribution in [0.2, 0.25) is 0 Å². The van der Waals surface area contributed by atoms with Crippen molar-refractivity contribution in [2.75, 3.05) is 23.9 Å². The second-order valence-corrected chi connectivity index (χ2v) is 6.90. The van der Waals surface area contributed by atoms with Crippen LogP contribution in [0.1, 0.15) is 19.5 Å². The zero-order valence-corrected chi connectivity index (χ0v) is 12.8. The van der Waals surface area contributed by atoms with Gasteiger partial charge in [-0.1, -0.05) is 0 Å². The highest BCUT2D eigenvalue weighted by molar-refractivity contribution is 7.99. The van der Waals surface area contributed by atoms with E-state index in [1.54, 1.807) is 0 Å². The average molecular weight is 275 g/mol. The normalized spacial score (nSPS) is 11.8. The fraction of sp³-hybridized carbons (Fsp3) is 0.400. The minimum Gasteiger partial charge on any atom is -0.398 e. The van der Waals surface area contributed by atoms with Gasteiger partial charge in [-0.3, -0.25) is 4.98 Å². The third-order valence-corrected chi connectivity index (χ3v) is 4.58. The van der Waals surface area contributed by atoms with Crippen molar-refractivity contribution in [3.8, 4) is 0 Å². The molecule has 0 amide bonds. The topological polar surface area (TPSA) is 50.9 Å². The van der Waals surface area contributed by atoms with Gasteiger partial charge in [-0.05, 0) is 45.2 Å². The summed E-state index contributed by atoms with van der Waals surface area (Å²) < 4.78 is 0.204. The molecule has 2 rings (SSSR count). The molecule has 1 heterocycles. The number of aromatic nitrogens is 1. The van der Waals surface area contributed by atoms with Gasteiger partial charge in [-0.25, -0.2) is 0 Å². The van der Waals surface area contributed by atoms with Crippen LogP contribution in [0.4, 0.5) is 11.4 Å². The summed E-state index contributed by atoms with van der Waals surface area (Å²) in [7, 11) is 0. The minimum atomic E-state index is 0.204. The number of aryl methyl sites for hydroxylation is 1. The van der Waals surface area contributed by atoms with Crippen LogP contribution in [0.15, 0.2) is 24.4 Å². The van der Waals surface area contributed by atoms with Gasteiger partial charge >= 0.3 is 0 Å². The first-order chi connectivity index (χ1) is 8.93. The molecular formula is C15H21N3S. The van der Waals surface area contributed by atoms with Crippen LogP contribution in [0.5, 0.6) is 0 Å². The lowest BCUT2D eigenvalue weighted by Crippen LogP contribution is -2.25. The molecule has 4 heteroatoms. The van der Waals surface area contributed by atoms with Gasteiger partial charge < -0.3 is 11.1 Å². The molecule has 0 aliphatic heterocycles. The molecule has 3 nitrogen and oxygen atoms in total. The van der Waals surface area contributed by atoms with Crippen LogP contribution in [0, 0.1) is 6.92 Å². The maximum atomic E-state index is 6.01. The van der Waals surface area contributed by atoms with E-state index >= 15 is 0 Å². The number of nitrogen functional groups attached to an aromatic ring is 1. The summed E-state index contributed by atoms with van der Waals surface area (Å²) in [6.07, 6.45) is 3.99. The number of benzene rings is 1. The maximum absolute atomic E-state index is 6.01. The van der Waals surface area contributed by atoms with Crippen molar-refractivity contribution in [1.29, 1.82) is 0 Å². The van der Waals surface area contributed by atoms with E-state index in [0.717, 1.165) is 34.4 Å². The first kappa shape index (κ1) is 14.0. The van der Waals surface area contributed by atoms with Crippen molar-refractivity contribution in [3.63, 3.8) is 0 Å². The number of rotatable bonds is 4. The number of nitrogens with one attached hydrogen (secondary N) is 1. The molecule has 0 aliphatic rings. The van der Waals surface area contributed by atoms with Crippen LogP contribution < -0.4 is 11.1 Å². The zero-order chi connectivity index (χ0) is 14.0. The molecule has 1 aromatic carbocycles. The molecule has 0 bridgehead atoms. The van der Waals surface area contributed by atoms with Gasteiger partial charge in [0.2, 0.25) is 0 Å². The van der Waals surface area contributed by atoms with E-state index in [1.807, 2.05) is 37.0 Å². The number of nitrogens with two attached hydrogens (primary N) is 1. The summed E-state index contributed by atoms with van der Waals surface area (Å²) in [6.45, 7) is 7.38. The molecule has 0 fully saturated rings. The first-order valence-corrected chi connectivity index (χ1v) is 7.59. The van der Waals surface area contributed by atoms with E-state index in [1.165, 1.54) is 0 Å². The van der Waals surface area contributed by atoms with Crippen molar-refractivity contribution in [2.45, 2.75) is 25.5 Å². The van der Waals surface area contributed by atoms with Crippen molar-refractivity contribution in [2.24, 2.45) is 0 Å². The fourth-order valence-corrected chi connectivity index (χ4v) is 2.12. The number of hydrogen-bond acceptors (Lipinski definition) is 4. The van der Waals surface area contributed by atoms with Gasteiger partial charge in [0.1, 0.15) is 0 Å². The lowest BCUT2D eigenvalue weighted by Gasteiger charge is -2.23. The number of thioether (sulfide) groups is 1. The molecule has 102 valence electrons. The SMILES string of the molecule is CSC(C)(C)CNc1ccc(N)c2cnc(C)cc12. The van der Waals surface area contributed by atoms with E-state index in [4.69, 9.17) is 5.73 Å². The van der Waals surface area contributed by atoms with Crippen molar-refractivity contribution >= 4 is 33.9 Å². The Morgan fingerprint density at radius 3 is 2.74 bits per heavy atom. The largest absolute Gasteiger partial charge is 0.398 e. The van der Waals surface area contributed by atoms with Gasteiger partial charge in [-0.2, -0.15) is 11.8 Å². The summed E-state index contributed by atoms with van der Waals surface area (Å²) in [6, 6.07) is 6.07. The van der Waals surface area contributed by atoms with Crippen molar-refractivity contribution in [1.82, 2.24) is 4.98 Å². The Morgan fingerprint density at radius 2 is 2.05 bits per heavy atom. The standard InChI is InChI=1S/C15H21N3S/c1-10-7-11-12(8-17-10)13(16)5-6-14(11)18-9-15(2,3)19-4/h5-8,18H,9,16H2,1-4H3. The van der Waals surface area contributed by atoms with E-state index in [-0.39, 0.29) is 4.75 Å². The average Bonchev–Trinajstić information content (AvgIpc) is 2.38. The van der Waals surface area contributed by atoms with Crippen LogP contribution in [0.25, 0.3) is 10.8 Å². The molecular weight excluding hydrogens is 254 g/mol. The van der Waals surface area contributed by atoms with Gasteiger partial charge in [0.25, 0.3) is 0 Å². The monoisotopic (exact) mass is 275 g/mol. The lowest BCUT2D eigenvalue weighted by atomic mass is 10.1. The van der Waals surface area contributed by atoms with Crippen LogP contribution in [-0.4, -0.2) is 22.5 Å². The molecule has 0 saturated heterocycles. The number of hydrogen-bond donors (Lipinski definition) is 2. The van der Waals surface area contributed by atoms with E-state index in [9.17, 15) is 0 Å². The van der Waals surface area contributed by atoms with Gasteiger partial charge in [0, 0.05) is 45.3 Å². The summed E-state index contributed by atoms with van der Waals surface area (Å²) >= 11 is 1.86. The summed E-state index contributed by atoms with van der Waals surface area (Å²) in [4.78, 5) is 4.32. The Kier molecular flexibility index (Phi) is 3.90. The van der Waals surface area contributed by atoms with Crippen LogP contribution in [-0.2, 0) is 0 Å². The Morgan fingerprint density at radius 1 is 1.32 bits per heavy atom. The predicted octanol–water partition coefficient (Wildman–Crippen LogP) is 3.68. The Labute approximate surface area is 119 Å². The number of nitrogens with zero attached hydrogens (tertiary/aromatic N) is 1. The molecule has 1 aromatic heterocycles. The van der Waals surface area contributed by atoms with Gasteiger partial charge in [0.05, 0.1) is 0 Å². The van der Waals surface area contributed by atoms with E-state index < -0.39 is 0 Å². The third kappa shape index (κ3) is 3.13. The molecule has 19 heavy (non-hydrogen) atoms. The molecule has 0 unspecified atom stereocenters.